The van der Waals surface area contributed by atoms with Crippen LogP contribution in [0.2, 0.25) is 0 Å². The summed E-state index contributed by atoms with van der Waals surface area (Å²) in [6.45, 7) is 1.93. The average Bonchev–Trinajstić information content (AvgIpc) is 1.90. The summed E-state index contributed by atoms with van der Waals surface area (Å²) in [6, 6.07) is 0. The van der Waals surface area contributed by atoms with Crippen molar-refractivity contribution in [3.05, 3.63) is 29.1 Å². The highest BCUT2D eigenvalue weighted by molar-refractivity contribution is 9.10. The van der Waals surface area contributed by atoms with Crippen LogP contribution >= 0.6 is 15.9 Å². The van der Waals surface area contributed by atoms with Gasteiger partial charge in [0.25, 0.3) is 0 Å². The van der Waals surface area contributed by atoms with Crippen LogP contribution in [0.3, 0.4) is 0 Å². The minimum atomic E-state index is 0.771. The second-order valence-corrected chi connectivity index (χ2v) is 2.37. The van der Waals surface area contributed by atoms with E-state index < -0.39 is 0 Å². The Labute approximate surface area is 62.5 Å². The summed E-state index contributed by atoms with van der Waals surface area (Å²) in [5, 5.41) is 0. The molecule has 0 N–H and O–H groups in total. The molecule has 2 nitrogen and oxygen atoms in total. The maximum absolute atomic E-state index is 4.03. The molecule has 3 heteroatoms. The van der Waals surface area contributed by atoms with E-state index >= 15 is 0 Å². The van der Waals surface area contributed by atoms with Gasteiger partial charge in [0.15, 0.2) is 0 Å². The Hall–Kier alpha value is -0.440. The van der Waals surface area contributed by atoms with Gasteiger partial charge in [-0.2, -0.15) is 0 Å². The molecule has 0 atom stereocenters. The van der Waals surface area contributed by atoms with Crippen molar-refractivity contribution in [3.63, 3.8) is 0 Å². The third-order valence-corrected chi connectivity index (χ3v) is 1.35. The first-order valence-electron chi connectivity index (χ1n) is 2.60. The second kappa shape index (κ2) is 2.92. The minimum absolute atomic E-state index is 0.771. The van der Waals surface area contributed by atoms with E-state index in [1.54, 1.807) is 12.4 Å². The molecule has 1 radical (unpaired) electrons. The first-order chi connectivity index (χ1) is 4.33. The van der Waals surface area contributed by atoms with Crippen molar-refractivity contribution < 1.29 is 0 Å². The third-order valence-electron chi connectivity index (χ3n) is 0.936. The van der Waals surface area contributed by atoms with Crippen molar-refractivity contribution in [2.45, 2.75) is 6.92 Å². The van der Waals surface area contributed by atoms with E-state index in [0.29, 0.717) is 0 Å². The molecule has 0 amide bonds. The topological polar surface area (TPSA) is 25.8 Å². The molecule has 9 heavy (non-hydrogen) atoms. The monoisotopic (exact) mass is 185 g/mol. The van der Waals surface area contributed by atoms with Gasteiger partial charge in [-0.1, -0.05) is 6.92 Å². The Bertz CT molecular complexity index is 183. The Morgan fingerprint density at radius 1 is 1.44 bits per heavy atom. The summed E-state index contributed by atoms with van der Waals surface area (Å²) in [4.78, 5) is 8.00. The molecule has 1 heterocycles. The van der Waals surface area contributed by atoms with Gasteiger partial charge < -0.3 is 0 Å². The molecule has 1 aromatic rings. The first-order valence-corrected chi connectivity index (χ1v) is 3.39. The highest BCUT2D eigenvalue weighted by Crippen LogP contribution is 2.02. The molecule has 1 rings (SSSR count). The molecular formula is C6H6BrN2. The highest BCUT2D eigenvalue weighted by atomic mass is 79.9. The van der Waals surface area contributed by atoms with E-state index in [1.165, 1.54) is 0 Å². The molecule has 47 valence electrons. The summed E-state index contributed by atoms with van der Waals surface area (Å²) >= 11 is 3.19. The molecule has 1 aromatic heterocycles. The Kier molecular flexibility index (Phi) is 2.16. The van der Waals surface area contributed by atoms with Crippen molar-refractivity contribution in [1.82, 2.24) is 9.97 Å². The van der Waals surface area contributed by atoms with Crippen LogP contribution in [0.5, 0.6) is 0 Å². The van der Waals surface area contributed by atoms with Crippen molar-refractivity contribution in [3.8, 4) is 0 Å². The van der Waals surface area contributed by atoms with Gasteiger partial charge in [-0.05, 0) is 15.9 Å². The lowest BCUT2D eigenvalue weighted by atomic mass is 10.4. The van der Waals surface area contributed by atoms with Crippen molar-refractivity contribution in [1.29, 1.82) is 0 Å². The van der Waals surface area contributed by atoms with E-state index in [9.17, 15) is 0 Å². The van der Waals surface area contributed by atoms with Gasteiger partial charge in [0.1, 0.15) is 4.60 Å². The molecule has 0 fully saturated rings. The number of rotatable bonds is 1. The molecule has 0 aliphatic carbocycles. The second-order valence-electron chi connectivity index (χ2n) is 1.55. The molecule has 0 unspecified atom stereocenters. The smallest absolute Gasteiger partial charge is 0.124 e. The SMILES string of the molecule is C[CH]c1cnc(Br)cn1. The predicted molar refractivity (Wildman–Crippen MR) is 38.8 cm³/mol. The zero-order chi connectivity index (χ0) is 6.69. The van der Waals surface area contributed by atoms with Gasteiger partial charge in [0.2, 0.25) is 0 Å². The van der Waals surface area contributed by atoms with Crippen molar-refractivity contribution in [2.75, 3.05) is 0 Å². The zero-order valence-corrected chi connectivity index (χ0v) is 6.59. The molecule has 0 spiro atoms. The molecular weight excluding hydrogens is 180 g/mol. The van der Waals surface area contributed by atoms with Crippen LogP contribution in [0.15, 0.2) is 17.0 Å². The molecule has 0 aliphatic heterocycles. The summed E-state index contributed by atoms with van der Waals surface area (Å²) < 4.78 is 0.771. The van der Waals surface area contributed by atoms with Gasteiger partial charge in [-0.25, -0.2) is 4.98 Å². The van der Waals surface area contributed by atoms with Crippen LogP contribution in [0, 0.1) is 6.42 Å². The van der Waals surface area contributed by atoms with E-state index in [2.05, 4.69) is 25.9 Å². The standard InChI is InChI=1S/C6H6BrN2/c1-2-5-3-9-6(7)4-8-5/h2-4H,1H3. The molecule has 0 bridgehead atoms. The third kappa shape index (κ3) is 1.75. The van der Waals surface area contributed by atoms with Crippen LogP contribution in [0.25, 0.3) is 0 Å². The fourth-order valence-electron chi connectivity index (χ4n) is 0.471. The highest BCUT2D eigenvalue weighted by Gasteiger charge is 1.89. The van der Waals surface area contributed by atoms with Crippen molar-refractivity contribution in [2.24, 2.45) is 0 Å². The minimum Gasteiger partial charge on any atom is -0.257 e. The quantitative estimate of drug-likeness (QED) is 0.668. The van der Waals surface area contributed by atoms with Gasteiger partial charge >= 0.3 is 0 Å². The zero-order valence-electron chi connectivity index (χ0n) is 5.00. The van der Waals surface area contributed by atoms with Gasteiger partial charge in [0.05, 0.1) is 18.1 Å². The normalized spacial score (nSPS) is 9.56. The predicted octanol–water partition coefficient (Wildman–Crippen LogP) is 1.81. The van der Waals surface area contributed by atoms with E-state index in [-0.39, 0.29) is 0 Å². The van der Waals surface area contributed by atoms with Crippen LogP contribution in [-0.2, 0) is 0 Å². The summed E-state index contributed by atoms with van der Waals surface area (Å²) in [7, 11) is 0. The fourth-order valence-corrected chi connectivity index (χ4v) is 0.676. The average molecular weight is 186 g/mol. The summed E-state index contributed by atoms with van der Waals surface area (Å²) in [5.41, 5.74) is 0.901. The Morgan fingerprint density at radius 2 is 2.22 bits per heavy atom. The largest absolute Gasteiger partial charge is 0.257 e. The van der Waals surface area contributed by atoms with Gasteiger partial charge in [0, 0.05) is 6.42 Å². The van der Waals surface area contributed by atoms with E-state index in [1.807, 2.05) is 13.3 Å². The first kappa shape index (κ1) is 6.68. The van der Waals surface area contributed by atoms with Crippen LogP contribution in [-0.4, -0.2) is 9.97 Å². The van der Waals surface area contributed by atoms with Crippen LogP contribution in [0.4, 0.5) is 0 Å². The maximum atomic E-state index is 4.03. The summed E-state index contributed by atoms with van der Waals surface area (Å²) in [6.07, 6.45) is 5.29. The number of halogens is 1. The van der Waals surface area contributed by atoms with Crippen LogP contribution < -0.4 is 0 Å². The summed E-state index contributed by atoms with van der Waals surface area (Å²) in [5.74, 6) is 0. The van der Waals surface area contributed by atoms with E-state index in [0.717, 1.165) is 10.3 Å². The lowest BCUT2D eigenvalue weighted by molar-refractivity contribution is 1.10. The molecule has 0 saturated carbocycles. The number of aromatic nitrogens is 2. The number of nitrogens with zero attached hydrogens (tertiary/aromatic N) is 2. The number of hydrogen-bond donors (Lipinski definition) is 0. The molecule has 0 aliphatic rings. The lowest BCUT2D eigenvalue weighted by Crippen LogP contribution is -1.85. The Morgan fingerprint density at radius 3 is 2.67 bits per heavy atom. The van der Waals surface area contributed by atoms with Gasteiger partial charge in [-0.3, -0.25) is 4.98 Å². The fraction of sp³-hybridized carbons (Fsp3) is 0.167. The maximum Gasteiger partial charge on any atom is 0.124 e. The molecule has 0 saturated heterocycles. The van der Waals surface area contributed by atoms with Crippen LogP contribution in [0.1, 0.15) is 12.6 Å². The lowest BCUT2D eigenvalue weighted by Gasteiger charge is -1.91. The van der Waals surface area contributed by atoms with Gasteiger partial charge in [-0.15, -0.1) is 0 Å². The Balaban J connectivity index is 2.88. The van der Waals surface area contributed by atoms with E-state index in [4.69, 9.17) is 0 Å². The van der Waals surface area contributed by atoms with Crippen molar-refractivity contribution >= 4 is 15.9 Å². The number of hydrogen-bond acceptors (Lipinski definition) is 2. The molecule has 0 aromatic carbocycles.